The molecule has 8 nitrogen and oxygen atoms in total. The van der Waals surface area contributed by atoms with E-state index in [2.05, 4.69) is 47.9 Å². The van der Waals surface area contributed by atoms with Crippen molar-refractivity contribution in [2.24, 2.45) is 0 Å². The van der Waals surface area contributed by atoms with E-state index in [1.165, 1.54) is 24.4 Å². The Morgan fingerprint density at radius 2 is 2.08 bits per heavy atom. The molecule has 1 saturated heterocycles. The Kier molecular flexibility index (Phi) is 3.66. The summed E-state index contributed by atoms with van der Waals surface area (Å²) in [4.78, 5) is 9.36. The highest BCUT2D eigenvalue weighted by Crippen LogP contribution is 2.24. The Hall–Kier alpha value is -2.48. The zero-order valence-electron chi connectivity index (χ0n) is 15.3. The van der Waals surface area contributed by atoms with Gasteiger partial charge in [0.15, 0.2) is 11.5 Å². The predicted octanol–water partition coefficient (Wildman–Crippen LogP) is 1.29. The molecule has 0 unspecified atom stereocenters. The average Bonchev–Trinajstić information content (AvgIpc) is 3.18. The summed E-state index contributed by atoms with van der Waals surface area (Å²) in [6.07, 6.45) is 5.73. The topological polar surface area (TPSA) is 67.4 Å². The van der Waals surface area contributed by atoms with Gasteiger partial charge in [0.2, 0.25) is 0 Å². The molecular formula is C18H24N8. The lowest BCUT2D eigenvalue weighted by atomic mass is 10.1. The Labute approximate surface area is 152 Å². The van der Waals surface area contributed by atoms with Gasteiger partial charge in [-0.1, -0.05) is 0 Å². The van der Waals surface area contributed by atoms with Gasteiger partial charge in [-0.25, -0.2) is 4.98 Å². The van der Waals surface area contributed by atoms with E-state index in [1.54, 1.807) is 0 Å². The number of nitrogens with zero attached hydrogens (tertiary/aromatic N) is 8. The summed E-state index contributed by atoms with van der Waals surface area (Å²) in [5.41, 5.74) is 2.14. The van der Waals surface area contributed by atoms with Crippen LogP contribution in [0.4, 0.5) is 5.82 Å². The zero-order valence-corrected chi connectivity index (χ0v) is 15.3. The summed E-state index contributed by atoms with van der Waals surface area (Å²) in [5.74, 6) is 3.07. The van der Waals surface area contributed by atoms with E-state index < -0.39 is 0 Å². The largest absolute Gasteiger partial charge is 0.352 e. The van der Waals surface area contributed by atoms with Crippen LogP contribution in [0.3, 0.4) is 0 Å². The molecule has 0 N–H and O–H groups in total. The summed E-state index contributed by atoms with van der Waals surface area (Å²) in [6.45, 7) is 6.00. The van der Waals surface area contributed by atoms with Crippen molar-refractivity contribution in [2.75, 3.05) is 25.0 Å². The van der Waals surface area contributed by atoms with E-state index in [-0.39, 0.29) is 0 Å². The van der Waals surface area contributed by atoms with Gasteiger partial charge in [0.25, 0.3) is 0 Å². The highest BCUT2D eigenvalue weighted by molar-refractivity contribution is 5.47. The normalized spacial score (nSPS) is 17.7. The maximum Gasteiger partial charge on any atom is 0.178 e. The average molecular weight is 352 g/mol. The molecule has 0 aromatic carbocycles. The first-order valence-electron chi connectivity index (χ1n) is 9.36. The molecule has 2 aliphatic rings. The molecule has 0 aliphatic carbocycles. The first kappa shape index (κ1) is 15.7. The number of rotatable bonds is 4. The summed E-state index contributed by atoms with van der Waals surface area (Å²) >= 11 is 0. The Morgan fingerprint density at radius 1 is 1.19 bits per heavy atom. The van der Waals surface area contributed by atoms with E-state index in [9.17, 15) is 0 Å². The second-order valence-corrected chi connectivity index (χ2v) is 7.46. The molecule has 3 aromatic heterocycles. The highest BCUT2D eigenvalue weighted by Gasteiger charge is 2.32. The lowest BCUT2D eigenvalue weighted by Gasteiger charge is -2.44. The summed E-state index contributed by atoms with van der Waals surface area (Å²) in [7, 11) is 2.21. The Morgan fingerprint density at radius 3 is 2.96 bits per heavy atom. The minimum Gasteiger partial charge on any atom is -0.352 e. The molecule has 0 radical (unpaired) electrons. The number of likely N-dealkylation sites (N-methyl/N-ethyl adjacent to an activating group) is 1. The van der Waals surface area contributed by atoms with Crippen LogP contribution < -0.4 is 4.90 Å². The number of aryl methyl sites for hydroxylation is 2. The van der Waals surface area contributed by atoms with Crippen LogP contribution >= 0.6 is 0 Å². The van der Waals surface area contributed by atoms with E-state index >= 15 is 0 Å². The van der Waals surface area contributed by atoms with Crippen molar-refractivity contribution < 1.29 is 0 Å². The van der Waals surface area contributed by atoms with Crippen molar-refractivity contribution in [2.45, 2.75) is 45.3 Å². The fourth-order valence-corrected chi connectivity index (χ4v) is 3.97. The van der Waals surface area contributed by atoms with Crippen LogP contribution in [0.1, 0.15) is 30.2 Å². The fraction of sp³-hybridized carbons (Fsp3) is 0.556. The summed E-state index contributed by atoms with van der Waals surface area (Å²) in [6, 6.07) is 4.56. The third kappa shape index (κ3) is 2.56. The van der Waals surface area contributed by atoms with Gasteiger partial charge in [0, 0.05) is 44.8 Å². The van der Waals surface area contributed by atoms with Crippen molar-refractivity contribution in [3.05, 3.63) is 35.7 Å². The molecule has 1 fully saturated rings. The van der Waals surface area contributed by atoms with Gasteiger partial charge in [-0.05, 0) is 38.9 Å². The van der Waals surface area contributed by atoms with Crippen LogP contribution in [0.2, 0.25) is 0 Å². The lowest BCUT2D eigenvalue weighted by molar-refractivity contribution is 0.191. The molecular weight excluding hydrogens is 328 g/mol. The predicted molar refractivity (Wildman–Crippen MR) is 98.2 cm³/mol. The molecule has 3 aromatic rings. The van der Waals surface area contributed by atoms with Crippen LogP contribution in [0.15, 0.2) is 18.3 Å². The maximum absolute atomic E-state index is 4.67. The van der Waals surface area contributed by atoms with Gasteiger partial charge in [0.1, 0.15) is 11.6 Å². The number of hydrogen-bond acceptors (Lipinski definition) is 6. The van der Waals surface area contributed by atoms with Crippen LogP contribution in [0.25, 0.3) is 5.65 Å². The Bertz CT molecular complexity index is 936. The highest BCUT2D eigenvalue weighted by atomic mass is 15.4. The molecule has 0 amide bonds. The molecule has 2 aliphatic heterocycles. The second-order valence-electron chi connectivity index (χ2n) is 7.46. The Balaban J connectivity index is 1.24. The molecule has 0 bridgehead atoms. The fourth-order valence-electron chi connectivity index (χ4n) is 3.97. The number of imidazole rings is 1. The van der Waals surface area contributed by atoms with E-state index in [0.717, 1.165) is 49.9 Å². The van der Waals surface area contributed by atoms with Crippen LogP contribution in [0.5, 0.6) is 0 Å². The lowest BCUT2D eigenvalue weighted by Crippen LogP contribution is -2.58. The maximum atomic E-state index is 4.67. The van der Waals surface area contributed by atoms with E-state index in [4.69, 9.17) is 0 Å². The SMILES string of the molecule is Cc1nnc2ccc(N3CC(N(C)Cc4cnc5n4CCCC5)C3)nn12. The van der Waals surface area contributed by atoms with Crippen molar-refractivity contribution in [3.8, 4) is 0 Å². The monoisotopic (exact) mass is 352 g/mol. The van der Waals surface area contributed by atoms with Crippen molar-refractivity contribution in [3.63, 3.8) is 0 Å². The number of anilines is 1. The molecule has 8 heteroatoms. The van der Waals surface area contributed by atoms with Crippen molar-refractivity contribution in [1.29, 1.82) is 0 Å². The van der Waals surface area contributed by atoms with Gasteiger partial charge in [-0.3, -0.25) is 4.90 Å². The van der Waals surface area contributed by atoms with Crippen molar-refractivity contribution in [1.82, 2.24) is 34.3 Å². The van der Waals surface area contributed by atoms with Gasteiger partial charge in [0.05, 0.1) is 5.69 Å². The first-order chi connectivity index (χ1) is 12.7. The zero-order chi connectivity index (χ0) is 17.7. The standard InChI is InChI=1S/C18H24N8/c1-13-20-21-17-6-7-18(22-26(13)17)24-11-15(12-24)23(2)10-14-9-19-16-5-3-4-8-25(14)16/h6-7,9,15H,3-5,8,10-12H2,1-2H3. The van der Waals surface area contributed by atoms with Gasteiger partial charge < -0.3 is 9.47 Å². The molecule has 26 heavy (non-hydrogen) atoms. The second kappa shape index (κ2) is 6.05. The first-order valence-corrected chi connectivity index (χ1v) is 9.36. The van der Waals surface area contributed by atoms with Crippen molar-refractivity contribution >= 4 is 11.5 Å². The number of hydrogen-bond donors (Lipinski definition) is 0. The van der Waals surface area contributed by atoms with E-state index in [1.807, 2.05) is 23.6 Å². The minimum absolute atomic E-state index is 0.546. The smallest absolute Gasteiger partial charge is 0.178 e. The summed E-state index contributed by atoms with van der Waals surface area (Å²) in [5, 5.41) is 12.8. The van der Waals surface area contributed by atoms with Gasteiger partial charge in [-0.2, -0.15) is 4.52 Å². The minimum atomic E-state index is 0.546. The van der Waals surface area contributed by atoms with Gasteiger partial charge >= 0.3 is 0 Å². The molecule has 5 rings (SSSR count). The van der Waals surface area contributed by atoms with Crippen LogP contribution in [-0.4, -0.2) is 60.4 Å². The number of fused-ring (bicyclic) bond motifs is 2. The van der Waals surface area contributed by atoms with Crippen LogP contribution in [-0.2, 0) is 19.5 Å². The molecule has 5 heterocycles. The molecule has 0 spiro atoms. The molecule has 0 saturated carbocycles. The van der Waals surface area contributed by atoms with Crippen LogP contribution in [0, 0.1) is 6.92 Å². The van der Waals surface area contributed by atoms with E-state index in [0.29, 0.717) is 6.04 Å². The molecule has 136 valence electrons. The quantitative estimate of drug-likeness (QED) is 0.705. The third-order valence-corrected chi connectivity index (χ3v) is 5.68. The molecule has 0 atom stereocenters. The third-order valence-electron chi connectivity index (χ3n) is 5.68. The summed E-state index contributed by atoms with van der Waals surface area (Å²) < 4.78 is 4.23. The van der Waals surface area contributed by atoms with Gasteiger partial charge in [-0.15, -0.1) is 15.3 Å². The number of aromatic nitrogens is 6.